The van der Waals surface area contributed by atoms with Crippen molar-refractivity contribution in [2.45, 2.75) is 19.8 Å². The van der Waals surface area contributed by atoms with Crippen molar-refractivity contribution in [3.05, 3.63) is 29.0 Å². The molecule has 16 heavy (non-hydrogen) atoms. The minimum atomic E-state index is 0.0655. The maximum Gasteiger partial charge on any atom is 0.255 e. The second-order valence-corrected chi connectivity index (χ2v) is 4.76. The van der Waals surface area contributed by atoms with E-state index in [0.29, 0.717) is 16.6 Å². The number of hydrogen-bond acceptors (Lipinski definition) is 2. The highest BCUT2D eigenvalue weighted by Gasteiger charge is 2.21. The summed E-state index contributed by atoms with van der Waals surface area (Å²) in [6, 6.07) is 3.39. The van der Waals surface area contributed by atoms with E-state index in [1.807, 2.05) is 4.90 Å². The molecule has 3 nitrogen and oxygen atoms in total. The van der Waals surface area contributed by atoms with Crippen LogP contribution in [0.1, 0.15) is 30.1 Å². The molecular weight excluding hydrogens is 224 g/mol. The van der Waals surface area contributed by atoms with Crippen LogP contribution in [0.5, 0.6) is 0 Å². The van der Waals surface area contributed by atoms with E-state index in [2.05, 4.69) is 11.9 Å². The molecule has 4 heteroatoms. The second-order valence-electron chi connectivity index (χ2n) is 4.37. The van der Waals surface area contributed by atoms with Gasteiger partial charge in [-0.05, 0) is 30.9 Å². The number of rotatable bonds is 1. The van der Waals surface area contributed by atoms with Gasteiger partial charge in [-0.1, -0.05) is 18.5 Å². The Morgan fingerprint density at radius 3 is 3.00 bits per heavy atom. The molecule has 0 radical (unpaired) electrons. The summed E-state index contributed by atoms with van der Waals surface area (Å²) in [6.45, 7) is 3.88. The summed E-state index contributed by atoms with van der Waals surface area (Å²) >= 11 is 5.69. The van der Waals surface area contributed by atoms with Crippen molar-refractivity contribution >= 4 is 17.5 Å². The van der Waals surface area contributed by atoms with E-state index in [0.717, 1.165) is 19.5 Å². The minimum absolute atomic E-state index is 0.0655. The lowest BCUT2D eigenvalue weighted by Gasteiger charge is -2.30. The number of carbonyl (C=O) groups excluding carboxylic acids is 1. The molecule has 2 heterocycles. The van der Waals surface area contributed by atoms with Gasteiger partial charge in [0.25, 0.3) is 5.91 Å². The van der Waals surface area contributed by atoms with Crippen LogP contribution in [0.25, 0.3) is 0 Å². The van der Waals surface area contributed by atoms with Crippen LogP contribution in [-0.4, -0.2) is 28.9 Å². The third-order valence-electron chi connectivity index (χ3n) is 2.92. The van der Waals surface area contributed by atoms with Crippen LogP contribution in [0.2, 0.25) is 5.15 Å². The van der Waals surface area contributed by atoms with Gasteiger partial charge in [0.15, 0.2) is 0 Å². The molecule has 1 aliphatic rings. The van der Waals surface area contributed by atoms with Crippen LogP contribution in [-0.2, 0) is 0 Å². The van der Waals surface area contributed by atoms with Crippen molar-refractivity contribution < 1.29 is 4.79 Å². The summed E-state index contributed by atoms with van der Waals surface area (Å²) in [5.41, 5.74) is 0.624. The van der Waals surface area contributed by atoms with Gasteiger partial charge in [0, 0.05) is 19.3 Å². The fourth-order valence-corrected chi connectivity index (χ4v) is 2.17. The maximum atomic E-state index is 12.1. The third kappa shape index (κ3) is 2.53. The van der Waals surface area contributed by atoms with Crippen molar-refractivity contribution in [3.63, 3.8) is 0 Å². The van der Waals surface area contributed by atoms with Crippen molar-refractivity contribution in [1.29, 1.82) is 0 Å². The fraction of sp³-hybridized carbons (Fsp3) is 0.500. The molecule has 0 aromatic carbocycles. The molecule has 1 aromatic heterocycles. The highest BCUT2D eigenvalue weighted by atomic mass is 35.5. The molecule has 86 valence electrons. The number of piperidine rings is 1. The number of pyridine rings is 1. The van der Waals surface area contributed by atoms with E-state index in [1.54, 1.807) is 18.3 Å². The first-order chi connectivity index (χ1) is 7.66. The average molecular weight is 239 g/mol. The largest absolute Gasteiger partial charge is 0.338 e. The van der Waals surface area contributed by atoms with Gasteiger partial charge < -0.3 is 4.90 Å². The van der Waals surface area contributed by atoms with Gasteiger partial charge in [-0.25, -0.2) is 4.98 Å². The molecule has 0 spiro atoms. The summed E-state index contributed by atoms with van der Waals surface area (Å²) in [6.07, 6.45) is 3.85. The quantitative estimate of drug-likeness (QED) is 0.705. The smallest absolute Gasteiger partial charge is 0.255 e. The van der Waals surface area contributed by atoms with Crippen LogP contribution in [0.3, 0.4) is 0 Å². The third-order valence-corrected chi connectivity index (χ3v) is 3.14. The summed E-state index contributed by atoms with van der Waals surface area (Å²) in [5, 5.41) is 0.420. The molecule has 1 saturated heterocycles. The maximum absolute atomic E-state index is 12.1. The lowest BCUT2D eigenvalue weighted by atomic mass is 10.00. The standard InChI is InChI=1S/C12H15ClN2O/c1-9-3-2-6-15(8-9)12(16)10-4-5-11(13)14-7-10/h4-5,7,9H,2-3,6,8H2,1H3/t9-/m0/s1. The van der Waals surface area contributed by atoms with Gasteiger partial charge in [-0.2, -0.15) is 0 Å². The molecule has 2 rings (SSSR count). The Balaban J connectivity index is 2.09. The van der Waals surface area contributed by atoms with Crippen molar-refractivity contribution in [1.82, 2.24) is 9.88 Å². The minimum Gasteiger partial charge on any atom is -0.338 e. The number of aromatic nitrogens is 1. The number of amides is 1. The SMILES string of the molecule is C[C@H]1CCCN(C(=O)c2ccc(Cl)nc2)C1. The molecule has 0 saturated carbocycles. The van der Waals surface area contributed by atoms with Gasteiger partial charge in [-0.3, -0.25) is 4.79 Å². The summed E-state index contributed by atoms with van der Waals surface area (Å²) in [7, 11) is 0. The number of nitrogens with zero attached hydrogens (tertiary/aromatic N) is 2. The van der Waals surface area contributed by atoms with E-state index in [1.165, 1.54) is 6.42 Å². The Morgan fingerprint density at radius 2 is 2.38 bits per heavy atom. The van der Waals surface area contributed by atoms with E-state index in [4.69, 9.17) is 11.6 Å². The lowest BCUT2D eigenvalue weighted by molar-refractivity contribution is 0.0682. The molecule has 0 unspecified atom stereocenters. The summed E-state index contributed by atoms with van der Waals surface area (Å²) < 4.78 is 0. The van der Waals surface area contributed by atoms with E-state index in [-0.39, 0.29) is 5.91 Å². The molecule has 1 amide bonds. The first-order valence-electron chi connectivity index (χ1n) is 5.57. The first kappa shape index (κ1) is 11.4. The topological polar surface area (TPSA) is 33.2 Å². The predicted molar refractivity (Wildman–Crippen MR) is 63.5 cm³/mol. The predicted octanol–water partition coefficient (Wildman–Crippen LogP) is 2.61. The van der Waals surface area contributed by atoms with Crippen LogP contribution in [0, 0.1) is 5.92 Å². The Labute approximate surface area is 100 Å². The normalized spacial score (nSPS) is 20.9. The fourth-order valence-electron chi connectivity index (χ4n) is 2.06. The molecule has 0 N–H and O–H groups in total. The second kappa shape index (κ2) is 4.83. The zero-order valence-electron chi connectivity index (χ0n) is 9.32. The van der Waals surface area contributed by atoms with Crippen LogP contribution in [0.4, 0.5) is 0 Å². The van der Waals surface area contributed by atoms with Gasteiger partial charge in [0.05, 0.1) is 5.56 Å². The molecule has 0 aliphatic carbocycles. The monoisotopic (exact) mass is 238 g/mol. The Bertz CT molecular complexity index is 377. The Morgan fingerprint density at radius 1 is 1.56 bits per heavy atom. The van der Waals surface area contributed by atoms with E-state index in [9.17, 15) is 4.79 Å². The molecular formula is C12H15ClN2O. The van der Waals surface area contributed by atoms with Crippen molar-refractivity contribution in [2.24, 2.45) is 5.92 Å². The van der Waals surface area contributed by atoms with E-state index >= 15 is 0 Å². The first-order valence-corrected chi connectivity index (χ1v) is 5.95. The van der Waals surface area contributed by atoms with Crippen LogP contribution in [0.15, 0.2) is 18.3 Å². The van der Waals surface area contributed by atoms with Gasteiger partial charge in [-0.15, -0.1) is 0 Å². The average Bonchev–Trinajstić information content (AvgIpc) is 2.29. The Kier molecular flexibility index (Phi) is 3.44. The number of hydrogen-bond donors (Lipinski definition) is 0. The van der Waals surface area contributed by atoms with Gasteiger partial charge >= 0.3 is 0 Å². The molecule has 1 aromatic rings. The lowest BCUT2D eigenvalue weighted by Crippen LogP contribution is -2.39. The zero-order chi connectivity index (χ0) is 11.5. The highest BCUT2D eigenvalue weighted by Crippen LogP contribution is 2.18. The Hall–Kier alpha value is -1.09. The highest BCUT2D eigenvalue weighted by molar-refractivity contribution is 6.29. The van der Waals surface area contributed by atoms with Crippen LogP contribution >= 0.6 is 11.6 Å². The number of halogens is 1. The molecule has 0 bridgehead atoms. The van der Waals surface area contributed by atoms with Crippen LogP contribution < -0.4 is 0 Å². The molecule has 1 aliphatic heterocycles. The number of likely N-dealkylation sites (tertiary alicyclic amines) is 1. The summed E-state index contributed by atoms with van der Waals surface area (Å²) in [5.74, 6) is 0.661. The van der Waals surface area contributed by atoms with Gasteiger partial charge in [0.1, 0.15) is 5.15 Å². The zero-order valence-corrected chi connectivity index (χ0v) is 10.1. The molecule has 1 fully saturated rings. The van der Waals surface area contributed by atoms with Crippen molar-refractivity contribution in [3.8, 4) is 0 Å². The molecule has 1 atom stereocenters. The summed E-state index contributed by atoms with van der Waals surface area (Å²) in [4.78, 5) is 17.9. The van der Waals surface area contributed by atoms with Crippen molar-refractivity contribution in [2.75, 3.05) is 13.1 Å². The number of carbonyl (C=O) groups is 1. The van der Waals surface area contributed by atoms with E-state index < -0.39 is 0 Å². The van der Waals surface area contributed by atoms with Gasteiger partial charge in [0.2, 0.25) is 0 Å².